The van der Waals surface area contributed by atoms with Gasteiger partial charge in [0.2, 0.25) is 8.40 Å². The maximum atomic E-state index is 6.87. The van der Waals surface area contributed by atoms with Gasteiger partial charge in [0, 0.05) is 106 Å². The molecule has 3 aromatic heterocycles. The van der Waals surface area contributed by atoms with Crippen LogP contribution in [-0.2, 0) is 41.0 Å². The largest absolute Gasteiger partial charge is 4.00 e. The number of benzene rings is 6. The van der Waals surface area contributed by atoms with Crippen molar-refractivity contribution in [3.8, 4) is 33.8 Å². The Balaban J connectivity index is 0.000000158. The summed E-state index contributed by atoms with van der Waals surface area (Å²) in [4.78, 5) is 13.0. The van der Waals surface area contributed by atoms with Gasteiger partial charge in [-0.25, -0.2) is 0 Å². The first-order valence-electron chi connectivity index (χ1n) is 33.8. The van der Waals surface area contributed by atoms with Crippen molar-refractivity contribution >= 4 is 68.1 Å². The van der Waals surface area contributed by atoms with Gasteiger partial charge in [-0.2, -0.15) is 0 Å². The Morgan fingerprint density at radius 1 is 0.548 bits per heavy atom. The topological polar surface area (TPSA) is 55.0 Å². The van der Waals surface area contributed by atoms with Crippen LogP contribution in [0.4, 0.5) is 0 Å². The number of hydrogen-bond acceptors (Lipinski definition) is 2. The molecule has 486 valence electrons. The van der Waals surface area contributed by atoms with E-state index in [1.807, 2.05) is 0 Å². The van der Waals surface area contributed by atoms with Gasteiger partial charge in [-0.05, 0) is 199 Å². The number of H-pyrrole nitrogens is 1. The second kappa shape index (κ2) is 28.1. The number of halogens is 1. The predicted molar refractivity (Wildman–Crippen MR) is 405 cm³/mol. The molecule has 1 saturated heterocycles. The molecular weight excluding hydrogens is 1230 g/mol. The fourth-order valence-corrected chi connectivity index (χ4v) is 28.4. The number of aromatic amines is 1. The minimum atomic E-state index is -2.00. The summed E-state index contributed by atoms with van der Waals surface area (Å²) in [5.74, 6) is 4.99. The minimum Gasteiger partial charge on any atom is -0.647 e. The molecule has 7 unspecified atom stereocenters. The van der Waals surface area contributed by atoms with E-state index >= 15 is 0 Å². The van der Waals surface area contributed by atoms with Crippen molar-refractivity contribution in [2.24, 2.45) is 29.6 Å². The molecule has 16 rings (SSSR count). The van der Waals surface area contributed by atoms with Crippen molar-refractivity contribution in [3.63, 3.8) is 0 Å². The van der Waals surface area contributed by atoms with Gasteiger partial charge < -0.3 is 50.3 Å². The van der Waals surface area contributed by atoms with Gasteiger partial charge in [-0.3, -0.25) is 0 Å². The van der Waals surface area contributed by atoms with Crippen molar-refractivity contribution < 1.29 is 40.6 Å². The third kappa shape index (κ3) is 14.2. The van der Waals surface area contributed by atoms with Gasteiger partial charge in [0.1, 0.15) is 0 Å². The predicted octanol–water partition coefficient (Wildman–Crippen LogP) is 19.3. The van der Waals surface area contributed by atoms with Crippen molar-refractivity contribution in [1.29, 1.82) is 0 Å². The summed E-state index contributed by atoms with van der Waals surface area (Å²) in [6.07, 6.45) is 15.1. The molecule has 7 aliphatic rings. The molecule has 2 N–H and O–H groups in total. The number of nitrogens with one attached hydrogen (secondary N) is 2. The van der Waals surface area contributed by atoms with Crippen molar-refractivity contribution in [1.82, 2.24) is 23.0 Å². The van der Waals surface area contributed by atoms with Gasteiger partial charge in [-0.1, -0.05) is 168 Å². The quantitative estimate of drug-likeness (QED) is 0.102. The number of nitrogens with zero attached hydrogens (tertiary/aromatic N) is 4. The average molecular weight is 1340 g/mol. The molecule has 0 spiro atoms. The van der Waals surface area contributed by atoms with Crippen LogP contribution in [0.25, 0.3) is 71.5 Å². The summed E-state index contributed by atoms with van der Waals surface area (Å²) in [5.41, 5.74) is 25.2. The molecule has 1 aliphatic heterocycles. The van der Waals surface area contributed by atoms with Crippen LogP contribution < -0.4 is 23.8 Å². The fraction of sp³-hybridized carbons (Fsp3) is 0.444. The van der Waals surface area contributed by atoms with Crippen LogP contribution in [0.15, 0.2) is 127 Å². The zero-order chi connectivity index (χ0) is 62.1. The van der Waals surface area contributed by atoms with Gasteiger partial charge in [0.25, 0.3) is 7.55 Å². The van der Waals surface area contributed by atoms with Gasteiger partial charge in [0.05, 0.1) is 5.69 Å². The van der Waals surface area contributed by atoms with E-state index < -0.39 is 24.3 Å². The molecule has 6 aromatic carbocycles. The molecule has 6 nitrogen and oxygen atoms in total. The summed E-state index contributed by atoms with van der Waals surface area (Å²) in [5, 5.41) is 4.20. The van der Waals surface area contributed by atoms with Crippen LogP contribution in [0.2, 0.25) is 39.3 Å². The van der Waals surface area contributed by atoms with E-state index in [4.69, 9.17) is 16.1 Å². The number of hydrogen-bond donors (Lipinski definition) is 2. The number of aromatic nitrogens is 3. The zero-order valence-electron chi connectivity index (χ0n) is 60.6. The molecule has 12 heteroatoms. The number of aryl methyl sites for hydroxylation is 3. The van der Waals surface area contributed by atoms with E-state index in [0.29, 0.717) is 0 Å². The maximum Gasteiger partial charge on any atom is 4.00 e. The van der Waals surface area contributed by atoms with Crippen molar-refractivity contribution in [2.45, 2.75) is 202 Å². The van der Waals surface area contributed by atoms with Gasteiger partial charge >= 0.3 is 40.6 Å². The van der Waals surface area contributed by atoms with Crippen LogP contribution in [0.5, 0.6) is 0 Å². The van der Waals surface area contributed by atoms with E-state index in [1.165, 1.54) is 161 Å². The second-order valence-electron chi connectivity index (χ2n) is 31.7. The summed E-state index contributed by atoms with van der Waals surface area (Å²) >= 11 is 6.87. The molecule has 93 heavy (non-hydrogen) atoms. The summed E-state index contributed by atoms with van der Waals surface area (Å²) in [7, 11) is -5.64. The molecule has 7 atom stereocenters. The maximum absolute atomic E-state index is 6.87. The van der Waals surface area contributed by atoms with E-state index in [-0.39, 0.29) is 73.9 Å². The van der Waals surface area contributed by atoms with Crippen LogP contribution in [0.1, 0.15) is 150 Å². The van der Waals surface area contributed by atoms with Gasteiger partial charge in [0.15, 0.2) is 0 Å². The molecule has 3 saturated carbocycles. The first-order valence-corrected chi connectivity index (χ1v) is 43.6. The summed E-state index contributed by atoms with van der Waals surface area (Å²) in [6.45, 7) is 37.2. The molecule has 6 aliphatic carbocycles. The van der Waals surface area contributed by atoms with Crippen LogP contribution in [-0.4, -0.2) is 65.5 Å². The second-order valence-corrected chi connectivity index (χ2v) is 45.3. The SMILES string of the molecule is CC1CCC2C(C1)C1CC3CCCCC3C1N2[Si](C)(C)[N-]C(C)(C)C.Cc1ccc2[nH]c3c(c2c1)Cc1ccccc1-3.Cc1ccc2c(c1)c1c(n2[Si](C)(C)Cl)-c2ccccc2C1.Cc1ccc2c(c1)c1c(n2[Si](C)(C)NC(C)(C)C)-c2ccccc2C1.[CH3-].[CH3-].[CH3-].[Li+].[Ti+4]. The van der Waals surface area contributed by atoms with Crippen molar-refractivity contribution in [3.05, 3.63) is 205 Å². The van der Waals surface area contributed by atoms with Gasteiger partial charge in [-0.15, -0.1) is 16.6 Å². The average Bonchev–Trinajstić information content (AvgIpc) is 1.58. The number of rotatable bonds is 5. The Labute approximate surface area is 597 Å². The molecule has 4 fully saturated rings. The number of fused-ring (bicyclic) bond motifs is 20. The first kappa shape index (κ1) is 74.9. The monoisotopic (exact) mass is 1340 g/mol. The molecule has 4 heterocycles. The molecule has 0 bridgehead atoms. The Morgan fingerprint density at radius 3 is 1.58 bits per heavy atom. The van der Waals surface area contributed by atoms with E-state index in [2.05, 4.69) is 259 Å². The fourth-order valence-electron chi connectivity index (χ4n) is 18.8. The first-order chi connectivity index (χ1) is 41.6. The van der Waals surface area contributed by atoms with E-state index in [9.17, 15) is 0 Å². The van der Waals surface area contributed by atoms with Crippen LogP contribution in [0, 0.1) is 72.6 Å². The van der Waals surface area contributed by atoms with E-state index in [1.54, 1.807) is 6.42 Å². The van der Waals surface area contributed by atoms with Crippen molar-refractivity contribution in [2.75, 3.05) is 0 Å². The Morgan fingerprint density at radius 2 is 1.03 bits per heavy atom. The summed E-state index contributed by atoms with van der Waals surface area (Å²) in [6, 6.07) is 48.4. The smallest absolute Gasteiger partial charge is 0.647 e. The molecule has 0 radical (unpaired) electrons. The molecule has 0 amide bonds. The Hall–Kier alpha value is -3.93. The summed E-state index contributed by atoms with van der Waals surface area (Å²) < 4.78 is 8.22. The zero-order valence-corrected chi connectivity index (χ0v) is 65.9. The third-order valence-corrected chi connectivity index (χ3v) is 29.3. The minimum absolute atomic E-state index is 0. The molecular formula is C81H109ClLiN6Si3Ti+. The Bertz CT molecular complexity index is 4140. The third-order valence-electron chi connectivity index (χ3n) is 21.2. The van der Waals surface area contributed by atoms with E-state index in [0.717, 1.165) is 60.9 Å². The van der Waals surface area contributed by atoms with Crippen LogP contribution >= 0.6 is 11.1 Å². The normalized spacial score (nSPS) is 21.3. The molecule has 9 aromatic rings. The Kier molecular flexibility index (Phi) is 22.6. The standard InChI is InChI=1S/C22H41N2Si.C22H28N2Si.C18H18ClNSi.C16H13N.3CH3.Li.Ti/c2*1-15-11-12-20-18(13-15)19-14-16-9-7-8-10-17(16)21(19)24(20)25(5,6)23-22(2,3)4;1-12-8-9-17-15(10-12)16-11-13-6-4-5-7-14(13)18(16)20(17)21(2,3)19;1-10-6-7-15-13(8-10)14-9-11-4-2-3-5-12(11)16(14)17-15;;;;;/h15-21H,7-14H2,1-6H3;7-13,23H,14H2,1-6H3;4-10H,11H2,1-3H3;2-8,17H,9H2,1H3;3*1H3;;/q-1;;;;3*-1;+1;+4. The van der Waals surface area contributed by atoms with Crippen LogP contribution in [0.3, 0.4) is 0 Å².